The lowest BCUT2D eigenvalue weighted by atomic mass is 10.1. The molecule has 8 nitrogen and oxygen atoms in total. The van der Waals surface area contributed by atoms with E-state index in [4.69, 9.17) is 9.05 Å². The molecule has 0 aliphatic carbocycles. The first kappa shape index (κ1) is 18.8. The minimum atomic E-state index is -0.470. The van der Waals surface area contributed by atoms with E-state index in [2.05, 4.69) is 25.6 Å². The first-order valence-electron chi connectivity index (χ1n) is 9.43. The van der Waals surface area contributed by atoms with Crippen LogP contribution in [0, 0.1) is 13.8 Å². The molecule has 0 bridgehead atoms. The van der Waals surface area contributed by atoms with Crippen LogP contribution >= 0.6 is 0 Å². The zero-order valence-electron chi connectivity index (χ0n) is 16.7. The van der Waals surface area contributed by atoms with Crippen molar-refractivity contribution in [3.05, 3.63) is 58.7 Å². The molecule has 3 aromatic heterocycles. The number of amides is 1. The smallest absolute Gasteiger partial charge is 0.258 e. The number of aryl methyl sites for hydroxylation is 3. The van der Waals surface area contributed by atoms with Gasteiger partial charge in [0.15, 0.2) is 0 Å². The van der Waals surface area contributed by atoms with Crippen molar-refractivity contribution in [2.45, 2.75) is 40.2 Å². The van der Waals surface area contributed by atoms with Crippen molar-refractivity contribution < 1.29 is 13.8 Å². The van der Waals surface area contributed by atoms with Crippen molar-refractivity contribution in [2.24, 2.45) is 0 Å². The van der Waals surface area contributed by atoms with Crippen molar-refractivity contribution in [1.29, 1.82) is 0 Å². The summed E-state index contributed by atoms with van der Waals surface area (Å²) in [5.41, 5.74) is 4.17. The summed E-state index contributed by atoms with van der Waals surface area (Å²) in [6.45, 7) is 7.55. The Kier molecular flexibility index (Phi) is 4.84. The van der Waals surface area contributed by atoms with E-state index in [1.165, 1.54) is 0 Å². The van der Waals surface area contributed by atoms with Gasteiger partial charge >= 0.3 is 0 Å². The highest BCUT2D eigenvalue weighted by Gasteiger charge is 2.22. The number of pyridine rings is 1. The van der Waals surface area contributed by atoms with Crippen LogP contribution in [0.15, 0.2) is 39.4 Å². The summed E-state index contributed by atoms with van der Waals surface area (Å²) in [6, 6.07) is 9.13. The second-order valence-electron chi connectivity index (χ2n) is 6.98. The number of carbonyl (C=O) groups excluding carboxylic acids is 1. The van der Waals surface area contributed by atoms with Gasteiger partial charge < -0.3 is 14.4 Å². The summed E-state index contributed by atoms with van der Waals surface area (Å²) < 4.78 is 10.6. The second kappa shape index (κ2) is 7.46. The van der Waals surface area contributed by atoms with Gasteiger partial charge in [0.25, 0.3) is 11.6 Å². The van der Waals surface area contributed by atoms with Crippen LogP contribution in [0.4, 0.5) is 0 Å². The number of nitrogens with zero attached hydrogens (tertiary/aromatic N) is 4. The average molecular weight is 391 g/mol. The van der Waals surface area contributed by atoms with Gasteiger partial charge in [-0.3, -0.25) is 4.79 Å². The lowest BCUT2D eigenvalue weighted by Gasteiger charge is -2.11. The first-order chi connectivity index (χ1) is 14.0. The van der Waals surface area contributed by atoms with Crippen LogP contribution in [-0.4, -0.2) is 26.2 Å². The highest BCUT2D eigenvalue weighted by Crippen LogP contribution is 2.24. The number of rotatable bonds is 5. The molecule has 29 heavy (non-hydrogen) atoms. The number of fused-ring (bicyclic) bond motifs is 1. The van der Waals surface area contributed by atoms with Gasteiger partial charge in [-0.1, -0.05) is 41.0 Å². The maximum atomic E-state index is 13.0. The third kappa shape index (κ3) is 3.61. The van der Waals surface area contributed by atoms with Crippen molar-refractivity contribution in [3.8, 4) is 11.4 Å². The number of hydrogen-bond acceptors (Lipinski definition) is 7. The first-order valence-corrected chi connectivity index (χ1v) is 9.43. The molecule has 148 valence electrons. The Hall–Kier alpha value is -3.55. The van der Waals surface area contributed by atoms with E-state index in [0.717, 1.165) is 16.8 Å². The third-order valence-corrected chi connectivity index (χ3v) is 4.71. The molecule has 0 radical (unpaired) electrons. The Morgan fingerprint density at radius 3 is 2.72 bits per heavy atom. The average Bonchev–Trinajstić information content (AvgIpc) is 3.35. The molecule has 0 saturated carbocycles. The lowest BCUT2D eigenvalue weighted by Crippen LogP contribution is -2.27. The Bertz CT molecular complexity index is 1190. The number of carbonyl (C=O) groups is 1. The van der Waals surface area contributed by atoms with Gasteiger partial charge in [-0.05, 0) is 39.3 Å². The Morgan fingerprint density at radius 1 is 1.14 bits per heavy atom. The molecule has 1 atom stereocenters. The van der Waals surface area contributed by atoms with Gasteiger partial charge in [-0.25, -0.2) is 4.98 Å². The van der Waals surface area contributed by atoms with Crippen LogP contribution in [0.25, 0.3) is 22.5 Å². The van der Waals surface area contributed by atoms with Crippen molar-refractivity contribution in [1.82, 2.24) is 25.6 Å². The van der Waals surface area contributed by atoms with Crippen LogP contribution in [0.5, 0.6) is 0 Å². The van der Waals surface area contributed by atoms with E-state index >= 15 is 0 Å². The van der Waals surface area contributed by atoms with Crippen molar-refractivity contribution >= 4 is 17.0 Å². The fourth-order valence-electron chi connectivity index (χ4n) is 3.15. The number of nitrogens with one attached hydrogen (secondary N) is 1. The predicted octanol–water partition coefficient (Wildman–Crippen LogP) is 3.94. The molecule has 3 heterocycles. The minimum Gasteiger partial charge on any atom is -0.340 e. The molecule has 1 aromatic carbocycles. The number of aromatic nitrogens is 4. The number of hydrogen-bond donors (Lipinski definition) is 1. The molecule has 0 spiro atoms. The number of benzene rings is 1. The molecule has 0 saturated heterocycles. The summed E-state index contributed by atoms with van der Waals surface area (Å²) >= 11 is 0. The predicted molar refractivity (Wildman–Crippen MR) is 106 cm³/mol. The monoisotopic (exact) mass is 391 g/mol. The fourth-order valence-corrected chi connectivity index (χ4v) is 3.15. The normalized spacial score (nSPS) is 12.3. The minimum absolute atomic E-state index is 0.277. The van der Waals surface area contributed by atoms with Crippen LogP contribution in [-0.2, 0) is 6.42 Å². The maximum absolute atomic E-state index is 13.0. The van der Waals surface area contributed by atoms with Gasteiger partial charge in [0, 0.05) is 11.3 Å². The lowest BCUT2D eigenvalue weighted by molar-refractivity contribution is 0.0934. The largest absolute Gasteiger partial charge is 0.340 e. The van der Waals surface area contributed by atoms with E-state index < -0.39 is 6.04 Å². The molecule has 1 N–H and O–H groups in total. The van der Waals surface area contributed by atoms with E-state index in [9.17, 15) is 4.79 Å². The molecule has 4 rings (SSSR count). The molecular formula is C21H21N5O3. The molecule has 1 amide bonds. The molecule has 0 unspecified atom stereocenters. The fraction of sp³-hybridized carbons (Fsp3) is 0.286. The zero-order valence-corrected chi connectivity index (χ0v) is 16.7. The summed E-state index contributed by atoms with van der Waals surface area (Å²) in [5, 5.41) is 11.5. The summed E-state index contributed by atoms with van der Waals surface area (Å²) in [4.78, 5) is 21.8. The van der Waals surface area contributed by atoms with Gasteiger partial charge in [0.1, 0.15) is 6.04 Å². The van der Waals surface area contributed by atoms with E-state index in [-0.39, 0.29) is 5.91 Å². The molecule has 4 aromatic rings. The van der Waals surface area contributed by atoms with Gasteiger partial charge in [0.2, 0.25) is 11.7 Å². The van der Waals surface area contributed by atoms with Crippen LogP contribution < -0.4 is 5.32 Å². The zero-order chi connectivity index (χ0) is 20.5. The van der Waals surface area contributed by atoms with Gasteiger partial charge in [0.05, 0.1) is 16.6 Å². The quantitative estimate of drug-likeness (QED) is 0.549. The summed E-state index contributed by atoms with van der Waals surface area (Å²) in [5.74, 6) is 0.540. The topological polar surface area (TPSA) is 107 Å². The molecule has 0 aliphatic rings. The van der Waals surface area contributed by atoms with Gasteiger partial charge in [-0.2, -0.15) is 4.98 Å². The Balaban J connectivity index is 1.59. The van der Waals surface area contributed by atoms with E-state index in [0.29, 0.717) is 40.5 Å². The standard InChI is InChI=1S/C21H21N5O3/c1-5-15-10-16(17-12(3)25-29-21(17)23-15)19(27)22-13(4)20-24-18(26-28-20)14-8-6-7-11(2)9-14/h6-10,13H,5H2,1-4H3,(H,22,27)/t13-/m1/s1. The Labute approximate surface area is 167 Å². The molecule has 0 fully saturated rings. The van der Waals surface area contributed by atoms with Crippen molar-refractivity contribution in [3.63, 3.8) is 0 Å². The summed E-state index contributed by atoms with van der Waals surface area (Å²) in [7, 11) is 0. The molecule has 0 aliphatic heterocycles. The molecular weight excluding hydrogens is 370 g/mol. The van der Waals surface area contributed by atoms with Crippen LogP contribution in [0.3, 0.4) is 0 Å². The van der Waals surface area contributed by atoms with Crippen molar-refractivity contribution in [2.75, 3.05) is 0 Å². The van der Waals surface area contributed by atoms with Crippen LogP contribution in [0.1, 0.15) is 53.1 Å². The van der Waals surface area contributed by atoms with Gasteiger partial charge in [-0.15, -0.1) is 0 Å². The highest BCUT2D eigenvalue weighted by molar-refractivity contribution is 6.06. The SMILES string of the molecule is CCc1cc(C(=O)N[C@H](C)c2nc(-c3cccc(C)c3)no2)c2c(C)noc2n1. The third-order valence-electron chi connectivity index (χ3n) is 4.71. The maximum Gasteiger partial charge on any atom is 0.258 e. The van der Waals surface area contributed by atoms with E-state index in [1.54, 1.807) is 19.9 Å². The Morgan fingerprint density at radius 2 is 1.97 bits per heavy atom. The molecule has 8 heteroatoms. The van der Waals surface area contributed by atoms with E-state index in [1.807, 2.05) is 38.1 Å². The highest BCUT2D eigenvalue weighted by atomic mass is 16.5. The second-order valence-corrected chi connectivity index (χ2v) is 6.98. The summed E-state index contributed by atoms with van der Waals surface area (Å²) in [6.07, 6.45) is 0.676. The van der Waals surface area contributed by atoms with Crippen LogP contribution in [0.2, 0.25) is 0 Å².